The summed E-state index contributed by atoms with van der Waals surface area (Å²) in [5.41, 5.74) is 2.25. The molecule has 1 fully saturated rings. The highest BCUT2D eigenvalue weighted by molar-refractivity contribution is 6.54. The normalized spacial score (nSPS) is 17.4. The summed E-state index contributed by atoms with van der Waals surface area (Å²) in [6.45, 7) is 6.35. The molecular formula is C28H32Cl4N4O4. The molecule has 3 aromatic rings. The quantitative estimate of drug-likeness (QED) is 0.278. The van der Waals surface area contributed by atoms with E-state index in [4.69, 9.17) is 50.9 Å². The minimum atomic E-state index is -1.26. The van der Waals surface area contributed by atoms with E-state index in [1.54, 1.807) is 24.3 Å². The molecule has 2 heterocycles. The van der Waals surface area contributed by atoms with E-state index >= 15 is 0 Å². The zero-order valence-electron chi connectivity index (χ0n) is 22.3. The Morgan fingerprint density at radius 2 is 1.82 bits per heavy atom. The van der Waals surface area contributed by atoms with Crippen LogP contribution in [0, 0.1) is 12.8 Å². The van der Waals surface area contributed by atoms with E-state index in [9.17, 15) is 14.7 Å². The van der Waals surface area contributed by atoms with Crippen LogP contribution < -0.4 is 15.5 Å². The van der Waals surface area contributed by atoms with E-state index in [1.807, 2.05) is 45.0 Å². The molecule has 8 nitrogen and oxygen atoms in total. The van der Waals surface area contributed by atoms with Crippen molar-refractivity contribution in [3.8, 4) is 11.3 Å². The Balaban J connectivity index is 0.000000415. The Hall–Kier alpha value is -2.33. The van der Waals surface area contributed by atoms with Gasteiger partial charge in [0, 0.05) is 46.5 Å². The Kier molecular flexibility index (Phi) is 12.1. The van der Waals surface area contributed by atoms with Gasteiger partial charge in [-0.3, -0.25) is 9.59 Å². The molecule has 3 atom stereocenters. The Bertz CT molecular complexity index is 1250. The summed E-state index contributed by atoms with van der Waals surface area (Å²) in [7, 11) is 0. The molecule has 2 amide bonds. The number of carbonyl (C=O) groups excluding carboxylic acids is 2. The average Bonchev–Trinajstić information content (AvgIpc) is 3.62. The number of aromatic nitrogens is 1. The molecule has 0 radical (unpaired) electrons. The number of β-amino-alcohol motifs (C(OH)–C–C–N with tert-alkyl or cyclic N) is 1. The average molecular weight is 630 g/mol. The highest BCUT2D eigenvalue weighted by atomic mass is 35.5. The summed E-state index contributed by atoms with van der Waals surface area (Å²) >= 11 is 23.3. The van der Waals surface area contributed by atoms with Crippen LogP contribution in [0.1, 0.15) is 25.8 Å². The van der Waals surface area contributed by atoms with Crippen molar-refractivity contribution in [1.82, 2.24) is 15.8 Å². The lowest BCUT2D eigenvalue weighted by Crippen LogP contribution is -2.53. The molecule has 40 heavy (non-hydrogen) atoms. The van der Waals surface area contributed by atoms with Gasteiger partial charge in [-0.2, -0.15) is 0 Å². The van der Waals surface area contributed by atoms with Gasteiger partial charge in [0.25, 0.3) is 5.91 Å². The second-order valence-corrected chi connectivity index (χ2v) is 11.6. The Morgan fingerprint density at radius 1 is 1.15 bits per heavy atom. The predicted octanol–water partition coefficient (Wildman–Crippen LogP) is 5.64. The predicted molar refractivity (Wildman–Crippen MR) is 160 cm³/mol. The zero-order valence-corrected chi connectivity index (χ0v) is 25.3. The second-order valence-electron chi connectivity index (χ2n) is 9.73. The highest BCUT2D eigenvalue weighted by Crippen LogP contribution is 2.27. The maximum Gasteiger partial charge on any atom is 0.260 e. The molecule has 0 aliphatic carbocycles. The fraction of sp³-hybridized carbons (Fsp3) is 0.393. The summed E-state index contributed by atoms with van der Waals surface area (Å²) in [5, 5.41) is 20.8. The van der Waals surface area contributed by atoms with Crippen LogP contribution in [-0.4, -0.2) is 58.2 Å². The lowest BCUT2D eigenvalue weighted by atomic mass is 10.0. The largest absolute Gasteiger partial charge is 0.392 e. The Labute approximate surface area is 253 Å². The lowest BCUT2D eigenvalue weighted by molar-refractivity contribution is -0.124. The third-order valence-electron chi connectivity index (χ3n) is 6.47. The second kappa shape index (κ2) is 15.1. The van der Waals surface area contributed by atoms with Gasteiger partial charge in [0.1, 0.15) is 0 Å². The Morgan fingerprint density at radius 3 is 2.35 bits per heavy atom. The number of hydrogen-bond donors (Lipinski definition) is 3. The highest BCUT2D eigenvalue weighted by Gasteiger charge is 2.32. The van der Waals surface area contributed by atoms with Crippen LogP contribution >= 0.6 is 46.4 Å². The van der Waals surface area contributed by atoms with Crippen LogP contribution in [0.4, 0.5) is 5.69 Å². The summed E-state index contributed by atoms with van der Waals surface area (Å²) in [6, 6.07) is 13.5. The molecule has 0 spiro atoms. The van der Waals surface area contributed by atoms with Crippen LogP contribution in [0.3, 0.4) is 0 Å². The monoisotopic (exact) mass is 628 g/mol. The molecule has 1 aromatic heterocycles. The van der Waals surface area contributed by atoms with Crippen molar-refractivity contribution >= 4 is 63.9 Å². The smallest absolute Gasteiger partial charge is 0.260 e. The topological polar surface area (TPSA) is 108 Å². The van der Waals surface area contributed by atoms with Gasteiger partial charge in [-0.15, -0.1) is 0 Å². The number of hydrogen-bond acceptors (Lipinski definition) is 6. The van der Waals surface area contributed by atoms with Crippen LogP contribution in [0.15, 0.2) is 59.3 Å². The van der Waals surface area contributed by atoms with E-state index < -0.39 is 22.9 Å². The van der Waals surface area contributed by atoms with Gasteiger partial charge < -0.3 is 25.2 Å². The molecule has 4 rings (SSSR count). The molecule has 2 unspecified atom stereocenters. The number of carbonyl (C=O) groups is 2. The van der Waals surface area contributed by atoms with Crippen molar-refractivity contribution in [3.63, 3.8) is 0 Å². The fourth-order valence-electron chi connectivity index (χ4n) is 4.03. The molecule has 216 valence electrons. The number of anilines is 1. The minimum absolute atomic E-state index is 0.0205. The van der Waals surface area contributed by atoms with Gasteiger partial charge >= 0.3 is 0 Å². The third-order valence-corrected chi connectivity index (χ3v) is 7.66. The summed E-state index contributed by atoms with van der Waals surface area (Å²) < 4.78 is 5.21. The molecule has 0 saturated carbocycles. The number of aliphatic hydroxyl groups is 1. The van der Waals surface area contributed by atoms with Crippen LogP contribution in [0.2, 0.25) is 10.0 Å². The van der Waals surface area contributed by atoms with Crippen molar-refractivity contribution < 1.29 is 19.2 Å². The summed E-state index contributed by atoms with van der Waals surface area (Å²) in [6.07, 6.45) is 1.35. The van der Waals surface area contributed by atoms with Crippen LogP contribution in [-0.2, 0) is 9.59 Å². The molecular weight excluding hydrogens is 598 g/mol. The number of halogens is 4. The first kappa shape index (κ1) is 32.2. The molecule has 1 aliphatic heterocycles. The van der Waals surface area contributed by atoms with Crippen molar-refractivity contribution in [2.75, 3.05) is 18.0 Å². The van der Waals surface area contributed by atoms with E-state index in [-0.39, 0.29) is 24.4 Å². The van der Waals surface area contributed by atoms with Gasteiger partial charge in [0.15, 0.2) is 10.6 Å². The van der Waals surface area contributed by atoms with E-state index in [0.29, 0.717) is 24.4 Å². The standard InChI is InChI=1S/C21H26Cl2N4O4.C7H6Cl2/c1-12(2)17(26-20(29)16-9-15(28)10-24-16)11-27(21(30)19(22)23)14-5-3-4-13(8-14)18-6-7-25-31-18;1-5-6(8)3-2-4-7(5)9/h3-8,12,15-17,19,24,28H,9-11H2,1-2H3,(H,26,29);2-4H,1H3/t15?,16?,17-;/m1./s1. The zero-order chi connectivity index (χ0) is 29.4. The van der Waals surface area contributed by atoms with Gasteiger partial charge in [-0.1, -0.05) is 83.6 Å². The minimum Gasteiger partial charge on any atom is -0.392 e. The van der Waals surface area contributed by atoms with Crippen molar-refractivity contribution in [1.29, 1.82) is 0 Å². The van der Waals surface area contributed by atoms with Crippen LogP contribution in [0.25, 0.3) is 11.3 Å². The van der Waals surface area contributed by atoms with Crippen LogP contribution in [0.5, 0.6) is 0 Å². The van der Waals surface area contributed by atoms with Gasteiger partial charge in [-0.05, 0) is 49.1 Å². The number of rotatable bonds is 8. The first-order chi connectivity index (χ1) is 19.0. The number of aliphatic hydroxyl groups excluding tert-OH is 1. The van der Waals surface area contributed by atoms with E-state index in [2.05, 4.69) is 15.8 Å². The molecule has 2 aromatic carbocycles. The third kappa shape index (κ3) is 8.83. The number of amides is 2. The van der Waals surface area contributed by atoms with Crippen molar-refractivity contribution in [2.24, 2.45) is 5.92 Å². The number of alkyl halides is 2. The number of benzene rings is 2. The fourth-order valence-corrected chi connectivity index (χ4v) is 4.67. The molecule has 3 N–H and O–H groups in total. The SMILES string of the molecule is CC(C)[C@@H](CN(C(=O)C(Cl)Cl)c1cccc(-c2ccno2)c1)NC(=O)C1CC(O)CN1.Cc1c(Cl)cccc1Cl. The summed E-state index contributed by atoms with van der Waals surface area (Å²) in [5.74, 6) is -0.131. The first-order valence-corrected chi connectivity index (χ1v) is 14.3. The number of nitrogens with zero attached hydrogens (tertiary/aromatic N) is 2. The van der Waals surface area contributed by atoms with Gasteiger partial charge in [-0.25, -0.2) is 0 Å². The number of nitrogens with one attached hydrogen (secondary N) is 2. The van der Waals surface area contributed by atoms with Gasteiger partial charge in [0.2, 0.25) is 5.91 Å². The van der Waals surface area contributed by atoms with E-state index in [0.717, 1.165) is 21.2 Å². The van der Waals surface area contributed by atoms with E-state index in [1.165, 1.54) is 11.1 Å². The maximum atomic E-state index is 12.9. The molecule has 12 heteroatoms. The molecule has 1 aliphatic rings. The maximum absolute atomic E-state index is 12.9. The molecule has 0 bridgehead atoms. The van der Waals surface area contributed by atoms with Gasteiger partial charge in [0.05, 0.1) is 18.3 Å². The molecule has 1 saturated heterocycles. The van der Waals surface area contributed by atoms with Crippen molar-refractivity contribution in [2.45, 2.75) is 50.2 Å². The summed E-state index contributed by atoms with van der Waals surface area (Å²) in [4.78, 5) is 25.7. The van der Waals surface area contributed by atoms with Crippen molar-refractivity contribution in [3.05, 3.63) is 70.3 Å². The first-order valence-electron chi connectivity index (χ1n) is 12.7. The lowest BCUT2D eigenvalue weighted by Gasteiger charge is -2.31.